The highest BCUT2D eigenvalue weighted by molar-refractivity contribution is 9.10. The number of carbonyl (C=O) groups is 2. The zero-order valence-corrected chi connectivity index (χ0v) is 18.0. The molecule has 148 valence electrons. The summed E-state index contributed by atoms with van der Waals surface area (Å²) in [5.74, 6) is -0.152. The van der Waals surface area contributed by atoms with Crippen LogP contribution in [0.25, 0.3) is 0 Å². The number of hydrogen-bond donors (Lipinski definition) is 2. The molecule has 0 bridgehead atoms. The van der Waals surface area contributed by atoms with Crippen LogP contribution in [0.2, 0.25) is 0 Å². The molecule has 8 heteroatoms. The Hall–Kier alpha value is -2.76. The average Bonchev–Trinajstić information content (AvgIpc) is 2.73. The van der Waals surface area contributed by atoms with Gasteiger partial charge in [-0.3, -0.25) is 9.59 Å². The monoisotopic (exact) mass is 471 g/mol. The number of allylic oxidation sites excluding steroid dienone is 1. The first kappa shape index (κ1) is 21.0. The Morgan fingerprint density at radius 3 is 2.72 bits per heavy atom. The summed E-state index contributed by atoms with van der Waals surface area (Å²) in [4.78, 5) is 24.6. The minimum atomic E-state index is -0.415. The summed E-state index contributed by atoms with van der Waals surface area (Å²) in [5, 5.41) is 15.7. The number of ether oxygens (including phenoxy) is 1. The van der Waals surface area contributed by atoms with E-state index in [1.54, 1.807) is 25.3 Å². The Labute approximate surface area is 181 Å². The number of nitriles is 1. The van der Waals surface area contributed by atoms with Crippen molar-refractivity contribution in [3.8, 4) is 11.8 Å². The van der Waals surface area contributed by atoms with E-state index in [9.17, 15) is 14.9 Å². The lowest BCUT2D eigenvalue weighted by molar-refractivity contribution is -0.121. The molecule has 1 atom stereocenters. The number of rotatable bonds is 6. The van der Waals surface area contributed by atoms with Gasteiger partial charge in [-0.05, 0) is 30.3 Å². The molecule has 0 fully saturated rings. The van der Waals surface area contributed by atoms with Gasteiger partial charge in [0.15, 0.2) is 0 Å². The van der Waals surface area contributed by atoms with Crippen molar-refractivity contribution in [2.75, 3.05) is 18.2 Å². The second kappa shape index (κ2) is 9.63. The summed E-state index contributed by atoms with van der Waals surface area (Å²) < 4.78 is 6.31. The van der Waals surface area contributed by atoms with Crippen molar-refractivity contribution in [1.29, 1.82) is 5.26 Å². The van der Waals surface area contributed by atoms with Gasteiger partial charge in [0, 0.05) is 28.1 Å². The molecule has 0 aliphatic carbocycles. The maximum Gasteiger partial charge on any atom is 0.234 e. The van der Waals surface area contributed by atoms with Gasteiger partial charge in [-0.1, -0.05) is 45.9 Å². The van der Waals surface area contributed by atoms with Crippen molar-refractivity contribution in [3.63, 3.8) is 0 Å². The Kier molecular flexibility index (Phi) is 6.96. The van der Waals surface area contributed by atoms with Crippen LogP contribution in [0.3, 0.4) is 0 Å². The maximum absolute atomic E-state index is 12.3. The Bertz CT molecular complexity index is 999. The SMILES string of the molecule is COc1ccccc1[C@@H]1CC(=O)NC(SCC(=O)Nc2ccc(Br)cc2)=C1C#N. The fourth-order valence-corrected chi connectivity index (χ4v) is 4.16. The standard InChI is InChI=1S/C21H18BrN3O3S/c1-28-18-5-3-2-4-15(18)16-10-19(26)25-21(17(16)11-23)29-12-20(27)24-14-8-6-13(22)7-9-14/h2-9,16H,10,12H2,1H3,(H,24,27)(H,25,26)/t16-/m0/s1. The Balaban J connectivity index is 1.78. The van der Waals surface area contributed by atoms with Gasteiger partial charge >= 0.3 is 0 Å². The topological polar surface area (TPSA) is 91.2 Å². The fraction of sp³-hybridized carbons (Fsp3) is 0.190. The van der Waals surface area contributed by atoms with Crippen molar-refractivity contribution in [1.82, 2.24) is 5.32 Å². The van der Waals surface area contributed by atoms with Crippen LogP contribution in [0.5, 0.6) is 5.75 Å². The van der Waals surface area contributed by atoms with Gasteiger partial charge in [0.05, 0.1) is 29.5 Å². The third kappa shape index (κ3) is 5.19. The number of nitrogens with one attached hydrogen (secondary N) is 2. The molecule has 2 aromatic carbocycles. The molecule has 0 spiro atoms. The van der Waals surface area contributed by atoms with E-state index >= 15 is 0 Å². The molecule has 3 rings (SSSR count). The number of hydrogen-bond acceptors (Lipinski definition) is 5. The molecular formula is C21H18BrN3O3S. The second-order valence-electron chi connectivity index (χ2n) is 6.25. The maximum atomic E-state index is 12.3. The lowest BCUT2D eigenvalue weighted by Crippen LogP contribution is -2.31. The van der Waals surface area contributed by atoms with Crippen LogP contribution < -0.4 is 15.4 Å². The number of halogens is 1. The van der Waals surface area contributed by atoms with E-state index in [1.807, 2.05) is 30.3 Å². The van der Waals surface area contributed by atoms with Crippen LogP contribution in [-0.4, -0.2) is 24.7 Å². The summed E-state index contributed by atoms with van der Waals surface area (Å²) in [6, 6.07) is 16.8. The van der Waals surface area contributed by atoms with Gasteiger partial charge in [-0.15, -0.1) is 0 Å². The predicted octanol–water partition coefficient (Wildman–Crippen LogP) is 4.17. The van der Waals surface area contributed by atoms with E-state index in [-0.39, 0.29) is 24.0 Å². The van der Waals surface area contributed by atoms with Gasteiger partial charge in [0.1, 0.15) is 5.75 Å². The smallest absolute Gasteiger partial charge is 0.234 e. The van der Waals surface area contributed by atoms with E-state index in [1.165, 1.54) is 0 Å². The first-order valence-corrected chi connectivity index (χ1v) is 10.5. The van der Waals surface area contributed by atoms with E-state index in [0.717, 1.165) is 21.8 Å². The molecule has 2 N–H and O–H groups in total. The number of methoxy groups -OCH3 is 1. The zero-order valence-electron chi connectivity index (χ0n) is 15.6. The summed E-state index contributed by atoms with van der Waals surface area (Å²) in [6.45, 7) is 0. The quantitative estimate of drug-likeness (QED) is 0.659. The molecule has 6 nitrogen and oxygen atoms in total. The number of carbonyl (C=O) groups excluding carboxylic acids is 2. The van der Waals surface area contributed by atoms with Crippen molar-refractivity contribution < 1.29 is 14.3 Å². The minimum absolute atomic E-state index is 0.0650. The van der Waals surface area contributed by atoms with Crippen molar-refractivity contribution >= 4 is 45.2 Å². The number of nitrogens with zero attached hydrogens (tertiary/aromatic N) is 1. The second-order valence-corrected chi connectivity index (χ2v) is 8.15. The first-order valence-electron chi connectivity index (χ1n) is 8.77. The van der Waals surface area contributed by atoms with Crippen LogP contribution in [0.1, 0.15) is 17.9 Å². The third-order valence-electron chi connectivity index (χ3n) is 4.35. The molecule has 0 aromatic heterocycles. The molecule has 29 heavy (non-hydrogen) atoms. The highest BCUT2D eigenvalue weighted by Crippen LogP contribution is 2.39. The minimum Gasteiger partial charge on any atom is -0.496 e. The predicted molar refractivity (Wildman–Crippen MR) is 116 cm³/mol. The lowest BCUT2D eigenvalue weighted by atomic mass is 9.86. The third-order valence-corrected chi connectivity index (χ3v) is 5.89. The van der Waals surface area contributed by atoms with Crippen LogP contribution >= 0.6 is 27.7 Å². The molecule has 0 unspecified atom stereocenters. The molecule has 1 aliphatic heterocycles. The largest absolute Gasteiger partial charge is 0.496 e. The van der Waals surface area contributed by atoms with Crippen molar-refractivity contribution in [3.05, 3.63) is 69.2 Å². The first-order chi connectivity index (χ1) is 14.0. The summed E-state index contributed by atoms with van der Waals surface area (Å²) >= 11 is 4.49. The molecule has 0 saturated carbocycles. The number of benzene rings is 2. The van der Waals surface area contributed by atoms with Crippen LogP contribution in [0.15, 0.2) is 63.6 Å². The van der Waals surface area contributed by atoms with Gasteiger partial charge in [0.25, 0.3) is 0 Å². The van der Waals surface area contributed by atoms with Gasteiger partial charge in [-0.25, -0.2) is 0 Å². The highest BCUT2D eigenvalue weighted by atomic mass is 79.9. The lowest BCUT2D eigenvalue weighted by Gasteiger charge is -2.26. The van der Waals surface area contributed by atoms with E-state index in [4.69, 9.17) is 4.74 Å². The average molecular weight is 472 g/mol. The van der Waals surface area contributed by atoms with Gasteiger partial charge in [0.2, 0.25) is 11.8 Å². The van der Waals surface area contributed by atoms with E-state index in [2.05, 4.69) is 32.6 Å². The summed E-state index contributed by atoms with van der Waals surface area (Å²) in [6.07, 6.45) is 0.151. The van der Waals surface area contributed by atoms with Gasteiger partial charge in [-0.2, -0.15) is 5.26 Å². The molecule has 2 amide bonds. The summed E-state index contributed by atoms with van der Waals surface area (Å²) in [5.41, 5.74) is 1.88. The molecule has 2 aromatic rings. The van der Waals surface area contributed by atoms with E-state index in [0.29, 0.717) is 22.0 Å². The number of anilines is 1. The number of thioether (sulfide) groups is 1. The highest BCUT2D eigenvalue weighted by Gasteiger charge is 2.31. The molecule has 0 saturated heterocycles. The molecular weight excluding hydrogens is 454 g/mol. The van der Waals surface area contributed by atoms with Crippen LogP contribution in [-0.2, 0) is 9.59 Å². The Morgan fingerprint density at radius 1 is 1.31 bits per heavy atom. The molecule has 0 radical (unpaired) electrons. The van der Waals surface area contributed by atoms with Crippen molar-refractivity contribution in [2.24, 2.45) is 0 Å². The number of amides is 2. The Morgan fingerprint density at radius 2 is 2.03 bits per heavy atom. The zero-order chi connectivity index (χ0) is 20.8. The number of para-hydroxylation sites is 1. The van der Waals surface area contributed by atoms with E-state index < -0.39 is 5.92 Å². The molecule has 1 heterocycles. The summed E-state index contributed by atoms with van der Waals surface area (Å²) in [7, 11) is 1.56. The van der Waals surface area contributed by atoms with Gasteiger partial charge < -0.3 is 15.4 Å². The molecule has 1 aliphatic rings. The van der Waals surface area contributed by atoms with Crippen molar-refractivity contribution in [2.45, 2.75) is 12.3 Å². The fourth-order valence-electron chi connectivity index (χ4n) is 3.02. The van der Waals surface area contributed by atoms with Crippen LogP contribution in [0.4, 0.5) is 5.69 Å². The normalized spacial score (nSPS) is 16.0. The van der Waals surface area contributed by atoms with Crippen LogP contribution in [0, 0.1) is 11.3 Å².